The number of imidazole rings is 1. The highest BCUT2D eigenvalue weighted by atomic mass is 19.3. The first kappa shape index (κ1) is 17.5. The highest BCUT2D eigenvalue weighted by molar-refractivity contribution is 5.94. The summed E-state index contributed by atoms with van der Waals surface area (Å²) in [5, 5.41) is 2.46. The second-order valence-corrected chi connectivity index (χ2v) is 6.65. The number of hydrogen-bond donors (Lipinski definition) is 1. The number of hydrogen-bond acceptors (Lipinski definition) is 2. The van der Waals surface area contributed by atoms with E-state index in [0.29, 0.717) is 16.7 Å². The van der Waals surface area contributed by atoms with E-state index in [0.717, 1.165) is 0 Å². The van der Waals surface area contributed by atoms with Crippen LogP contribution in [0, 0.1) is 18.7 Å². The SMILES string of the molecule is Cc1cc(F)ccc1-c1cc(C(F)F)c2nc(NC(=O)C3CC3F)cn2c1. The van der Waals surface area contributed by atoms with Crippen LogP contribution in [-0.4, -0.2) is 21.5 Å². The number of carbonyl (C=O) groups is 1. The molecule has 2 heterocycles. The quantitative estimate of drug-likeness (QED) is 0.671. The molecule has 0 aliphatic heterocycles. The lowest BCUT2D eigenvalue weighted by Gasteiger charge is -2.10. The zero-order chi connectivity index (χ0) is 19.3. The van der Waals surface area contributed by atoms with Gasteiger partial charge in [0, 0.05) is 6.20 Å². The van der Waals surface area contributed by atoms with Crippen molar-refractivity contribution in [3.05, 3.63) is 53.6 Å². The van der Waals surface area contributed by atoms with Crippen molar-refractivity contribution in [1.82, 2.24) is 9.38 Å². The molecule has 4 rings (SSSR count). The molecule has 2 unspecified atom stereocenters. The Morgan fingerprint density at radius 1 is 1.30 bits per heavy atom. The van der Waals surface area contributed by atoms with Crippen molar-refractivity contribution in [2.24, 2.45) is 5.92 Å². The molecular formula is C19H15F4N3O. The van der Waals surface area contributed by atoms with E-state index in [1.807, 2.05) is 0 Å². The van der Waals surface area contributed by atoms with Crippen molar-refractivity contribution >= 4 is 17.4 Å². The average molecular weight is 377 g/mol. The van der Waals surface area contributed by atoms with Gasteiger partial charge in [0.2, 0.25) is 5.91 Å². The number of nitrogens with one attached hydrogen (secondary N) is 1. The van der Waals surface area contributed by atoms with Gasteiger partial charge in [0.05, 0.1) is 17.7 Å². The van der Waals surface area contributed by atoms with Gasteiger partial charge in [-0.15, -0.1) is 0 Å². The Morgan fingerprint density at radius 2 is 2.04 bits per heavy atom. The highest BCUT2D eigenvalue weighted by Crippen LogP contribution is 2.35. The second kappa shape index (κ2) is 6.37. The molecule has 0 bridgehead atoms. The van der Waals surface area contributed by atoms with Gasteiger partial charge >= 0.3 is 0 Å². The number of amides is 1. The summed E-state index contributed by atoms with van der Waals surface area (Å²) in [4.78, 5) is 15.9. The fourth-order valence-electron chi connectivity index (χ4n) is 3.10. The van der Waals surface area contributed by atoms with E-state index in [9.17, 15) is 22.4 Å². The van der Waals surface area contributed by atoms with E-state index in [2.05, 4.69) is 10.3 Å². The van der Waals surface area contributed by atoms with Crippen LogP contribution in [0.2, 0.25) is 0 Å². The lowest BCUT2D eigenvalue weighted by atomic mass is 10.0. The summed E-state index contributed by atoms with van der Waals surface area (Å²) in [5.41, 5.74) is 1.36. The normalized spacial score (nSPS) is 18.9. The Hall–Kier alpha value is -2.90. The van der Waals surface area contributed by atoms with Gasteiger partial charge in [0.15, 0.2) is 5.82 Å². The van der Waals surface area contributed by atoms with Crippen LogP contribution in [0.5, 0.6) is 0 Å². The predicted octanol–water partition coefficient (Wildman–Crippen LogP) is 4.68. The molecule has 1 aromatic carbocycles. The molecule has 1 aliphatic carbocycles. The third-order valence-corrected chi connectivity index (χ3v) is 4.61. The lowest BCUT2D eigenvalue weighted by molar-refractivity contribution is -0.117. The summed E-state index contributed by atoms with van der Waals surface area (Å²) in [5.74, 6) is -1.56. The van der Waals surface area contributed by atoms with Gasteiger partial charge in [-0.3, -0.25) is 4.79 Å². The van der Waals surface area contributed by atoms with E-state index in [1.54, 1.807) is 13.1 Å². The first-order valence-electron chi connectivity index (χ1n) is 8.35. The molecule has 140 valence electrons. The van der Waals surface area contributed by atoms with Gasteiger partial charge in [-0.25, -0.2) is 22.5 Å². The van der Waals surface area contributed by atoms with Crippen LogP contribution in [0.25, 0.3) is 16.8 Å². The van der Waals surface area contributed by atoms with Crippen LogP contribution in [0.1, 0.15) is 24.0 Å². The Labute approximate surface area is 151 Å². The van der Waals surface area contributed by atoms with Gasteiger partial charge in [-0.2, -0.15) is 0 Å². The first-order valence-corrected chi connectivity index (χ1v) is 8.35. The molecule has 8 heteroatoms. The maximum Gasteiger partial charge on any atom is 0.267 e. The van der Waals surface area contributed by atoms with Gasteiger partial charge in [0.1, 0.15) is 17.6 Å². The summed E-state index contributed by atoms with van der Waals surface area (Å²) in [6.45, 7) is 1.69. The van der Waals surface area contributed by atoms with Crippen molar-refractivity contribution in [2.75, 3.05) is 5.32 Å². The van der Waals surface area contributed by atoms with E-state index < -0.39 is 30.2 Å². The van der Waals surface area contributed by atoms with Crippen LogP contribution < -0.4 is 5.32 Å². The minimum atomic E-state index is -2.79. The fourth-order valence-corrected chi connectivity index (χ4v) is 3.10. The summed E-state index contributed by atoms with van der Waals surface area (Å²) in [6.07, 6.45) is -0.810. The maximum absolute atomic E-state index is 13.6. The van der Waals surface area contributed by atoms with Crippen LogP contribution in [0.4, 0.5) is 23.4 Å². The largest absolute Gasteiger partial charge is 0.309 e. The molecule has 0 radical (unpaired) electrons. The van der Waals surface area contributed by atoms with E-state index >= 15 is 0 Å². The number of benzene rings is 1. The molecule has 0 spiro atoms. The fraction of sp³-hybridized carbons (Fsp3) is 0.263. The summed E-state index contributed by atoms with van der Waals surface area (Å²) < 4.78 is 54.9. The van der Waals surface area contributed by atoms with Gasteiger partial charge in [0.25, 0.3) is 6.43 Å². The summed E-state index contributed by atoms with van der Waals surface area (Å²) >= 11 is 0. The number of nitrogens with zero attached hydrogens (tertiary/aromatic N) is 2. The topological polar surface area (TPSA) is 46.4 Å². The molecular weight excluding hydrogens is 362 g/mol. The molecule has 1 amide bonds. The number of halogens is 4. The van der Waals surface area contributed by atoms with Gasteiger partial charge < -0.3 is 9.72 Å². The smallest absolute Gasteiger partial charge is 0.267 e. The summed E-state index contributed by atoms with van der Waals surface area (Å²) in [6, 6.07) is 5.41. The van der Waals surface area contributed by atoms with Crippen molar-refractivity contribution in [3.63, 3.8) is 0 Å². The molecule has 1 saturated carbocycles. The number of aryl methyl sites for hydroxylation is 1. The molecule has 1 fully saturated rings. The van der Waals surface area contributed by atoms with Crippen LogP contribution >= 0.6 is 0 Å². The number of pyridine rings is 1. The van der Waals surface area contributed by atoms with Crippen molar-refractivity contribution in [3.8, 4) is 11.1 Å². The highest BCUT2D eigenvalue weighted by Gasteiger charge is 2.43. The Balaban J connectivity index is 1.77. The molecule has 27 heavy (non-hydrogen) atoms. The standard InChI is InChI=1S/C19H15F4N3O/c1-9-4-11(20)2-3-12(9)10-5-14(17(22)23)18-24-16(8-26(18)7-10)25-19(27)13-6-15(13)21/h2-5,7-8,13,15,17H,6H2,1H3,(H,25,27). The zero-order valence-corrected chi connectivity index (χ0v) is 14.2. The molecule has 1 N–H and O–H groups in total. The maximum atomic E-state index is 13.6. The second-order valence-electron chi connectivity index (χ2n) is 6.65. The van der Waals surface area contributed by atoms with Crippen LogP contribution in [0.15, 0.2) is 36.7 Å². The Bertz CT molecular complexity index is 1050. The number of alkyl halides is 3. The molecule has 0 saturated heterocycles. The van der Waals surface area contributed by atoms with E-state index in [1.165, 1.54) is 34.9 Å². The third-order valence-electron chi connectivity index (χ3n) is 4.61. The number of fused-ring (bicyclic) bond motifs is 1. The zero-order valence-electron chi connectivity index (χ0n) is 14.2. The minimum absolute atomic E-state index is 0.00332. The van der Waals surface area contributed by atoms with E-state index in [4.69, 9.17) is 0 Å². The van der Waals surface area contributed by atoms with Crippen molar-refractivity contribution in [2.45, 2.75) is 25.9 Å². The number of rotatable bonds is 4. The first-order chi connectivity index (χ1) is 12.8. The van der Waals surface area contributed by atoms with Crippen molar-refractivity contribution < 1.29 is 22.4 Å². The molecule has 2 aromatic heterocycles. The van der Waals surface area contributed by atoms with Crippen molar-refractivity contribution in [1.29, 1.82) is 0 Å². The van der Waals surface area contributed by atoms with Crippen LogP contribution in [0.3, 0.4) is 0 Å². The Morgan fingerprint density at radius 3 is 2.67 bits per heavy atom. The molecule has 1 aliphatic rings. The lowest BCUT2D eigenvalue weighted by Crippen LogP contribution is -2.15. The average Bonchev–Trinajstić information content (AvgIpc) is 3.19. The number of carbonyl (C=O) groups excluding carboxylic acids is 1. The number of anilines is 1. The minimum Gasteiger partial charge on any atom is -0.309 e. The monoisotopic (exact) mass is 377 g/mol. The molecule has 3 aromatic rings. The Kier molecular flexibility index (Phi) is 4.13. The van der Waals surface area contributed by atoms with Crippen LogP contribution in [-0.2, 0) is 4.79 Å². The van der Waals surface area contributed by atoms with Gasteiger partial charge in [-0.1, -0.05) is 6.07 Å². The molecule has 4 nitrogen and oxygen atoms in total. The predicted molar refractivity (Wildman–Crippen MR) is 91.9 cm³/mol. The molecule has 2 atom stereocenters. The summed E-state index contributed by atoms with van der Waals surface area (Å²) in [7, 11) is 0. The van der Waals surface area contributed by atoms with Gasteiger partial charge in [-0.05, 0) is 48.2 Å². The number of aromatic nitrogens is 2. The van der Waals surface area contributed by atoms with E-state index in [-0.39, 0.29) is 23.4 Å². The third kappa shape index (κ3) is 3.27.